The number of aromatic hydroxyl groups is 1. The van der Waals surface area contributed by atoms with Crippen molar-refractivity contribution in [1.82, 2.24) is 0 Å². The summed E-state index contributed by atoms with van der Waals surface area (Å²) in [7, 11) is 0. The van der Waals surface area contributed by atoms with Crippen LogP contribution in [0.25, 0.3) is 0 Å². The molecule has 0 aliphatic heterocycles. The Morgan fingerprint density at radius 3 is 2.56 bits per heavy atom. The molecule has 0 spiro atoms. The SMILES string of the molecule is O=C(Nc1ccc(C(=O)O)c(O)c1)c1ccoc1. The van der Waals surface area contributed by atoms with Gasteiger partial charge in [0.05, 0.1) is 11.8 Å². The number of furan rings is 1. The fraction of sp³-hybridized carbons (Fsp3) is 0. The van der Waals surface area contributed by atoms with E-state index in [9.17, 15) is 14.7 Å². The molecule has 18 heavy (non-hydrogen) atoms. The highest BCUT2D eigenvalue weighted by atomic mass is 16.4. The monoisotopic (exact) mass is 247 g/mol. The molecule has 2 rings (SSSR count). The Morgan fingerprint density at radius 2 is 2.00 bits per heavy atom. The molecule has 0 fully saturated rings. The lowest BCUT2D eigenvalue weighted by atomic mass is 10.2. The zero-order chi connectivity index (χ0) is 13.1. The summed E-state index contributed by atoms with van der Waals surface area (Å²) in [6.07, 6.45) is 2.64. The van der Waals surface area contributed by atoms with Gasteiger partial charge >= 0.3 is 5.97 Å². The van der Waals surface area contributed by atoms with Crippen molar-refractivity contribution >= 4 is 17.6 Å². The molecule has 0 atom stereocenters. The van der Waals surface area contributed by atoms with Gasteiger partial charge in [0.1, 0.15) is 17.6 Å². The van der Waals surface area contributed by atoms with Crippen LogP contribution in [0.3, 0.4) is 0 Å². The van der Waals surface area contributed by atoms with E-state index in [2.05, 4.69) is 5.32 Å². The molecule has 1 amide bonds. The van der Waals surface area contributed by atoms with Crippen molar-refractivity contribution in [3.63, 3.8) is 0 Å². The van der Waals surface area contributed by atoms with Crippen molar-refractivity contribution in [2.75, 3.05) is 5.32 Å². The number of carbonyl (C=O) groups excluding carboxylic acids is 1. The van der Waals surface area contributed by atoms with Gasteiger partial charge in [-0.05, 0) is 18.2 Å². The van der Waals surface area contributed by atoms with Crippen LogP contribution in [0.4, 0.5) is 5.69 Å². The lowest BCUT2D eigenvalue weighted by molar-refractivity contribution is 0.0693. The first-order valence-corrected chi connectivity index (χ1v) is 4.98. The quantitative estimate of drug-likeness (QED) is 0.769. The van der Waals surface area contributed by atoms with E-state index in [4.69, 9.17) is 9.52 Å². The zero-order valence-electron chi connectivity index (χ0n) is 9.08. The predicted molar refractivity (Wildman–Crippen MR) is 61.7 cm³/mol. The minimum absolute atomic E-state index is 0.226. The Kier molecular flexibility index (Phi) is 3.01. The van der Waals surface area contributed by atoms with E-state index < -0.39 is 17.6 Å². The van der Waals surface area contributed by atoms with E-state index in [0.717, 1.165) is 0 Å². The van der Waals surface area contributed by atoms with E-state index in [0.29, 0.717) is 11.3 Å². The molecule has 0 aliphatic rings. The van der Waals surface area contributed by atoms with Gasteiger partial charge in [0, 0.05) is 11.8 Å². The smallest absolute Gasteiger partial charge is 0.339 e. The number of hydrogen-bond donors (Lipinski definition) is 3. The number of phenols is 1. The largest absolute Gasteiger partial charge is 0.507 e. The molecule has 0 radical (unpaired) electrons. The summed E-state index contributed by atoms with van der Waals surface area (Å²) in [5.41, 5.74) is 0.400. The second-order valence-electron chi connectivity index (χ2n) is 3.50. The maximum Gasteiger partial charge on any atom is 0.339 e. The fourth-order valence-corrected chi connectivity index (χ4v) is 1.39. The minimum Gasteiger partial charge on any atom is -0.507 e. The topological polar surface area (TPSA) is 99.8 Å². The average molecular weight is 247 g/mol. The van der Waals surface area contributed by atoms with E-state index in [1.54, 1.807) is 0 Å². The lowest BCUT2D eigenvalue weighted by Crippen LogP contribution is -2.11. The Bertz CT molecular complexity index is 589. The van der Waals surface area contributed by atoms with Gasteiger partial charge in [-0.3, -0.25) is 4.79 Å². The molecule has 1 heterocycles. The van der Waals surface area contributed by atoms with Crippen molar-refractivity contribution in [2.24, 2.45) is 0 Å². The van der Waals surface area contributed by atoms with Crippen LogP contribution < -0.4 is 5.32 Å². The third kappa shape index (κ3) is 2.32. The minimum atomic E-state index is -1.24. The number of amides is 1. The number of aromatic carboxylic acids is 1. The van der Waals surface area contributed by atoms with Crippen LogP contribution in [-0.4, -0.2) is 22.1 Å². The highest BCUT2D eigenvalue weighted by Gasteiger charge is 2.12. The third-order valence-corrected chi connectivity index (χ3v) is 2.27. The van der Waals surface area contributed by atoms with Crippen LogP contribution in [0.2, 0.25) is 0 Å². The summed E-state index contributed by atoms with van der Waals surface area (Å²) in [4.78, 5) is 22.3. The van der Waals surface area contributed by atoms with Gasteiger partial charge in [0.25, 0.3) is 5.91 Å². The summed E-state index contributed by atoms with van der Waals surface area (Å²) in [5.74, 6) is -2.06. The first-order valence-electron chi connectivity index (χ1n) is 4.98. The van der Waals surface area contributed by atoms with Gasteiger partial charge in [0.2, 0.25) is 0 Å². The highest BCUT2D eigenvalue weighted by molar-refractivity contribution is 6.04. The fourth-order valence-electron chi connectivity index (χ4n) is 1.39. The molecular formula is C12H9NO5. The van der Waals surface area contributed by atoms with E-state index in [-0.39, 0.29) is 5.56 Å². The first kappa shape index (κ1) is 11.7. The van der Waals surface area contributed by atoms with Gasteiger partial charge in [-0.15, -0.1) is 0 Å². The van der Waals surface area contributed by atoms with Gasteiger partial charge in [-0.1, -0.05) is 0 Å². The number of carboxylic acid groups (broad SMARTS) is 1. The van der Waals surface area contributed by atoms with Gasteiger partial charge in [-0.25, -0.2) is 4.79 Å². The maximum absolute atomic E-state index is 11.6. The van der Waals surface area contributed by atoms with Crippen LogP contribution in [-0.2, 0) is 0 Å². The number of benzene rings is 1. The molecule has 0 bridgehead atoms. The molecule has 1 aromatic carbocycles. The Balaban J connectivity index is 2.18. The lowest BCUT2D eigenvalue weighted by Gasteiger charge is -2.05. The van der Waals surface area contributed by atoms with E-state index in [1.807, 2.05) is 0 Å². The van der Waals surface area contributed by atoms with Crippen LogP contribution in [0, 0.1) is 0 Å². The van der Waals surface area contributed by atoms with Gasteiger partial charge in [0.15, 0.2) is 0 Å². The van der Waals surface area contributed by atoms with Crippen molar-refractivity contribution < 1.29 is 24.2 Å². The molecule has 0 aliphatic carbocycles. The second kappa shape index (κ2) is 4.62. The van der Waals surface area contributed by atoms with Crippen molar-refractivity contribution in [2.45, 2.75) is 0 Å². The standard InChI is InChI=1S/C12H9NO5/c14-10-5-8(1-2-9(10)12(16)17)13-11(15)7-3-4-18-6-7/h1-6,14H,(H,13,15)(H,16,17). The third-order valence-electron chi connectivity index (χ3n) is 2.27. The molecule has 2 aromatic rings. The van der Waals surface area contributed by atoms with Crippen LogP contribution >= 0.6 is 0 Å². The molecule has 0 saturated carbocycles. The van der Waals surface area contributed by atoms with Gasteiger partial charge < -0.3 is 19.9 Å². The molecule has 0 saturated heterocycles. The summed E-state index contributed by atoms with van der Waals surface area (Å²) in [6, 6.07) is 5.26. The van der Waals surface area contributed by atoms with Crippen molar-refractivity contribution in [3.05, 3.63) is 47.9 Å². The first-order chi connectivity index (χ1) is 8.58. The zero-order valence-corrected chi connectivity index (χ0v) is 9.08. The Hall–Kier alpha value is -2.76. The van der Waals surface area contributed by atoms with Crippen LogP contribution in [0.15, 0.2) is 41.2 Å². The molecular weight excluding hydrogens is 238 g/mol. The number of hydrogen-bond acceptors (Lipinski definition) is 4. The molecule has 0 unspecified atom stereocenters. The summed E-state index contributed by atoms with van der Waals surface area (Å²) in [6.45, 7) is 0. The van der Waals surface area contributed by atoms with Crippen LogP contribution in [0.5, 0.6) is 5.75 Å². The van der Waals surface area contributed by atoms with E-state index >= 15 is 0 Å². The normalized spacial score (nSPS) is 10.0. The number of carboxylic acids is 1. The van der Waals surface area contributed by atoms with E-state index in [1.165, 1.54) is 36.8 Å². The highest BCUT2D eigenvalue weighted by Crippen LogP contribution is 2.22. The molecule has 3 N–H and O–H groups in total. The predicted octanol–water partition coefficient (Wildman–Crippen LogP) is 1.94. The Morgan fingerprint density at radius 1 is 1.22 bits per heavy atom. The summed E-state index contributed by atoms with van der Waals surface area (Å²) < 4.78 is 4.76. The second-order valence-corrected chi connectivity index (χ2v) is 3.50. The van der Waals surface area contributed by atoms with Crippen LogP contribution in [0.1, 0.15) is 20.7 Å². The van der Waals surface area contributed by atoms with Gasteiger partial charge in [-0.2, -0.15) is 0 Å². The molecule has 92 valence electrons. The molecule has 6 nitrogen and oxygen atoms in total. The Labute approximate surface area is 101 Å². The molecule has 6 heteroatoms. The average Bonchev–Trinajstić information content (AvgIpc) is 2.81. The maximum atomic E-state index is 11.6. The molecule has 1 aromatic heterocycles. The number of anilines is 1. The summed E-state index contributed by atoms with van der Waals surface area (Å²) >= 11 is 0. The number of carbonyl (C=O) groups is 2. The summed E-state index contributed by atoms with van der Waals surface area (Å²) in [5, 5.41) is 20.7. The van der Waals surface area contributed by atoms with Crippen molar-refractivity contribution in [1.29, 1.82) is 0 Å². The number of rotatable bonds is 3. The number of nitrogens with one attached hydrogen (secondary N) is 1. The van der Waals surface area contributed by atoms with Crippen molar-refractivity contribution in [3.8, 4) is 5.75 Å².